The van der Waals surface area contributed by atoms with E-state index in [1.807, 2.05) is 0 Å². The van der Waals surface area contributed by atoms with Crippen LogP contribution in [0.15, 0.2) is 23.3 Å². The Hall–Kier alpha value is -1.91. The lowest BCUT2D eigenvalue weighted by Crippen LogP contribution is -2.47. The van der Waals surface area contributed by atoms with Crippen molar-refractivity contribution < 1.29 is 23.9 Å². The molecule has 0 heterocycles. The van der Waals surface area contributed by atoms with E-state index in [2.05, 4.69) is 13.5 Å². The SMILES string of the molecule is C=C1[C@@H]2[C@@H](OC(C)=O)C(=C(C)C(=O)OC)C(=O)C[C@@]2(C)[C@H]2C[C@@H]12. The van der Waals surface area contributed by atoms with Gasteiger partial charge in [0.15, 0.2) is 5.78 Å². The molecule has 23 heavy (non-hydrogen) atoms. The molecule has 0 amide bonds. The van der Waals surface area contributed by atoms with Crippen LogP contribution in [0.25, 0.3) is 0 Å². The summed E-state index contributed by atoms with van der Waals surface area (Å²) in [5.41, 5.74) is 1.31. The highest BCUT2D eigenvalue weighted by Gasteiger charge is 2.68. The maximum Gasteiger partial charge on any atom is 0.333 e. The predicted octanol–water partition coefficient (Wildman–Crippen LogP) is 2.21. The molecule has 0 aromatic heterocycles. The molecule has 0 aromatic carbocycles. The third kappa shape index (κ3) is 2.17. The largest absolute Gasteiger partial charge is 0.466 e. The molecule has 0 aromatic rings. The minimum atomic E-state index is -0.738. The molecule has 0 spiro atoms. The number of hydrogen-bond acceptors (Lipinski definition) is 5. The maximum absolute atomic E-state index is 12.8. The lowest BCUT2D eigenvalue weighted by molar-refractivity contribution is -0.152. The number of esters is 2. The fourth-order valence-electron chi connectivity index (χ4n) is 4.76. The van der Waals surface area contributed by atoms with E-state index in [4.69, 9.17) is 9.47 Å². The van der Waals surface area contributed by atoms with E-state index in [0.29, 0.717) is 18.3 Å². The summed E-state index contributed by atoms with van der Waals surface area (Å²) in [6, 6.07) is 0. The van der Waals surface area contributed by atoms with E-state index in [1.54, 1.807) is 6.92 Å². The van der Waals surface area contributed by atoms with Gasteiger partial charge in [-0.3, -0.25) is 9.59 Å². The summed E-state index contributed by atoms with van der Waals surface area (Å²) < 4.78 is 10.3. The average molecular weight is 318 g/mol. The van der Waals surface area contributed by atoms with Gasteiger partial charge in [-0.2, -0.15) is 0 Å². The van der Waals surface area contributed by atoms with E-state index in [1.165, 1.54) is 14.0 Å². The number of carbonyl (C=O) groups excluding carboxylic acids is 3. The summed E-state index contributed by atoms with van der Waals surface area (Å²) in [7, 11) is 1.27. The van der Waals surface area contributed by atoms with Gasteiger partial charge in [-0.15, -0.1) is 0 Å². The lowest BCUT2D eigenvalue weighted by Gasteiger charge is -2.44. The Morgan fingerprint density at radius 3 is 2.52 bits per heavy atom. The Kier molecular flexibility index (Phi) is 3.50. The second-order valence-corrected chi connectivity index (χ2v) is 7.17. The van der Waals surface area contributed by atoms with E-state index in [0.717, 1.165) is 12.0 Å². The molecular weight excluding hydrogens is 296 g/mol. The first-order valence-electron chi connectivity index (χ1n) is 7.90. The Morgan fingerprint density at radius 1 is 1.30 bits per heavy atom. The monoisotopic (exact) mass is 318 g/mol. The molecular formula is C18H22O5. The van der Waals surface area contributed by atoms with E-state index in [-0.39, 0.29) is 28.3 Å². The lowest BCUT2D eigenvalue weighted by atomic mass is 9.62. The number of rotatable bonds is 2. The minimum absolute atomic E-state index is 0.109. The van der Waals surface area contributed by atoms with Crippen LogP contribution in [0.2, 0.25) is 0 Å². The van der Waals surface area contributed by atoms with Crippen molar-refractivity contribution in [2.24, 2.45) is 23.2 Å². The van der Waals surface area contributed by atoms with Crippen LogP contribution in [0.1, 0.15) is 33.6 Å². The second kappa shape index (κ2) is 5.05. The third-order valence-electron chi connectivity index (χ3n) is 5.84. The summed E-state index contributed by atoms with van der Waals surface area (Å²) in [6.45, 7) is 9.16. The van der Waals surface area contributed by atoms with Gasteiger partial charge in [0.25, 0.3) is 0 Å². The van der Waals surface area contributed by atoms with Crippen LogP contribution in [-0.2, 0) is 23.9 Å². The Bertz CT molecular complexity index is 658. The first-order valence-corrected chi connectivity index (χ1v) is 7.90. The average Bonchev–Trinajstić information content (AvgIpc) is 3.22. The number of Topliss-reactive ketones (excluding diaryl/α,β-unsaturated/α-hetero) is 1. The first kappa shape index (κ1) is 16.0. The van der Waals surface area contributed by atoms with Gasteiger partial charge in [-0.25, -0.2) is 4.79 Å². The molecule has 3 aliphatic carbocycles. The Balaban J connectivity index is 2.11. The number of hydrogen-bond donors (Lipinski definition) is 0. The fraction of sp³-hybridized carbons (Fsp3) is 0.611. The topological polar surface area (TPSA) is 69.7 Å². The molecule has 5 atom stereocenters. The zero-order chi connectivity index (χ0) is 17.1. The van der Waals surface area contributed by atoms with Gasteiger partial charge in [-0.05, 0) is 30.6 Å². The molecule has 0 aliphatic heterocycles. The first-order chi connectivity index (χ1) is 10.7. The smallest absolute Gasteiger partial charge is 0.333 e. The summed E-state index contributed by atoms with van der Waals surface area (Å²) in [6.07, 6.45) is 0.679. The number of carbonyl (C=O) groups is 3. The van der Waals surface area contributed by atoms with Gasteiger partial charge >= 0.3 is 11.9 Å². The van der Waals surface area contributed by atoms with E-state index >= 15 is 0 Å². The molecule has 0 saturated heterocycles. The number of ketones is 1. The highest BCUT2D eigenvalue weighted by molar-refractivity contribution is 6.05. The zero-order valence-corrected chi connectivity index (χ0v) is 14.0. The zero-order valence-electron chi connectivity index (χ0n) is 14.0. The molecule has 0 N–H and O–H groups in total. The van der Waals surface area contributed by atoms with Crippen molar-refractivity contribution >= 4 is 17.7 Å². The van der Waals surface area contributed by atoms with E-state index < -0.39 is 18.0 Å². The highest BCUT2D eigenvalue weighted by Crippen LogP contribution is 2.71. The van der Waals surface area contributed by atoms with Crippen LogP contribution in [0.5, 0.6) is 0 Å². The van der Waals surface area contributed by atoms with Crippen LogP contribution >= 0.6 is 0 Å². The van der Waals surface area contributed by atoms with Gasteiger partial charge in [0.2, 0.25) is 0 Å². The summed E-state index contributed by atoms with van der Waals surface area (Å²) in [4.78, 5) is 36.3. The molecule has 3 fully saturated rings. The van der Waals surface area contributed by atoms with Crippen molar-refractivity contribution in [3.63, 3.8) is 0 Å². The van der Waals surface area contributed by atoms with Crippen molar-refractivity contribution in [3.05, 3.63) is 23.3 Å². The number of fused-ring (bicyclic) bond motifs is 3. The number of ether oxygens (including phenoxy) is 2. The number of methoxy groups -OCH3 is 1. The minimum Gasteiger partial charge on any atom is -0.466 e. The summed E-state index contributed by atoms with van der Waals surface area (Å²) in [5, 5.41) is 0. The molecule has 3 rings (SSSR count). The van der Waals surface area contributed by atoms with Gasteiger partial charge in [0, 0.05) is 30.4 Å². The molecule has 5 nitrogen and oxygen atoms in total. The van der Waals surface area contributed by atoms with Crippen molar-refractivity contribution in [1.29, 1.82) is 0 Å². The van der Waals surface area contributed by atoms with Crippen LogP contribution < -0.4 is 0 Å². The van der Waals surface area contributed by atoms with Crippen molar-refractivity contribution in [1.82, 2.24) is 0 Å². The van der Waals surface area contributed by atoms with Crippen LogP contribution in [0.4, 0.5) is 0 Å². The van der Waals surface area contributed by atoms with Crippen LogP contribution in [0, 0.1) is 23.2 Å². The van der Waals surface area contributed by atoms with Crippen LogP contribution in [-0.4, -0.2) is 30.9 Å². The van der Waals surface area contributed by atoms with Gasteiger partial charge in [-0.1, -0.05) is 19.1 Å². The molecule has 0 unspecified atom stereocenters. The predicted molar refractivity (Wildman–Crippen MR) is 82.2 cm³/mol. The second-order valence-electron chi connectivity index (χ2n) is 7.17. The normalized spacial score (nSPS) is 40.2. The molecule has 3 saturated carbocycles. The summed E-state index contributed by atoms with van der Waals surface area (Å²) >= 11 is 0. The van der Waals surface area contributed by atoms with Crippen molar-refractivity contribution in [3.8, 4) is 0 Å². The van der Waals surface area contributed by atoms with E-state index in [9.17, 15) is 14.4 Å². The maximum atomic E-state index is 12.8. The van der Waals surface area contributed by atoms with Gasteiger partial charge < -0.3 is 9.47 Å². The van der Waals surface area contributed by atoms with Crippen LogP contribution in [0.3, 0.4) is 0 Å². The molecule has 0 bridgehead atoms. The Morgan fingerprint density at radius 2 is 1.96 bits per heavy atom. The Labute approximate surface area is 135 Å². The molecule has 5 heteroatoms. The third-order valence-corrected chi connectivity index (χ3v) is 5.84. The van der Waals surface area contributed by atoms with Crippen molar-refractivity contribution in [2.75, 3.05) is 7.11 Å². The van der Waals surface area contributed by atoms with Crippen molar-refractivity contribution in [2.45, 2.75) is 39.7 Å². The molecule has 3 aliphatic rings. The molecule has 124 valence electrons. The summed E-state index contributed by atoms with van der Waals surface area (Å²) in [5.74, 6) is -0.421. The molecule has 0 radical (unpaired) electrons. The standard InChI is InChI=1S/C18H22O5/c1-8-11-6-12(11)18(4)7-13(20)14(9(2)17(21)22-5)16(15(8)18)23-10(3)19/h11-12,15-16H,1,6-7H2,2-5H3/t11-,12-,15+,16-,18-/m0/s1. The fourth-order valence-corrected chi connectivity index (χ4v) is 4.76. The van der Waals surface area contributed by atoms with Gasteiger partial charge in [0.1, 0.15) is 6.10 Å². The highest BCUT2D eigenvalue weighted by atomic mass is 16.5. The quantitative estimate of drug-likeness (QED) is 0.443. The van der Waals surface area contributed by atoms with Gasteiger partial charge in [0.05, 0.1) is 7.11 Å².